The third-order valence-electron chi connectivity index (χ3n) is 5.80. The molecule has 2 unspecified atom stereocenters. The number of amides is 2. The number of hydrogen-bond donors (Lipinski definition) is 1. The van der Waals surface area contributed by atoms with Crippen molar-refractivity contribution < 1.29 is 14.0 Å². The Morgan fingerprint density at radius 2 is 1.66 bits per heavy atom. The van der Waals surface area contributed by atoms with Crippen LogP contribution in [-0.4, -0.2) is 54.3 Å². The Morgan fingerprint density at radius 3 is 2.38 bits per heavy atom. The van der Waals surface area contributed by atoms with Crippen molar-refractivity contribution in [3.8, 4) is 0 Å². The zero-order valence-corrected chi connectivity index (χ0v) is 16.4. The molecule has 2 aromatic carbocycles. The smallest absolute Gasteiger partial charge is 0.234 e. The number of nitrogens with zero attached hydrogens (tertiary/aromatic N) is 2. The van der Waals surface area contributed by atoms with Gasteiger partial charge in [-0.05, 0) is 29.5 Å². The largest absolute Gasteiger partial charge is 0.351 e. The summed E-state index contributed by atoms with van der Waals surface area (Å²) in [5.41, 5.74) is 1.73. The summed E-state index contributed by atoms with van der Waals surface area (Å²) in [6.45, 7) is 3.47. The summed E-state index contributed by atoms with van der Waals surface area (Å²) in [6.07, 6.45) is 0.724. The van der Waals surface area contributed by atoms with Crippen LogP contribution in [0, 0.1) is 11.7 Å². The van der Waals surface area contributed by atoms with E-state index >= 15 is 0 Å². The Bertz CT molecular complexity index is 865. The molecule has 1 heterocycles. The standard InChI is InChI=1S/C23H26FN3O2/c24-21-9-5-4-8-18(21)19-14-20(19)23(29)27-12-10-26(11-13-27)16-22(28)25-15-17-6-2-1-3-7-17/h1-9,19-20H,10-16H2,(H,25,28). The summed E-state index contributed by atoms with van der Waals surface area (Å²) in [4.78, 5) is 28.9. The molecule has 1 saturated carbocycles. The number of piperazine rings is 1. The van der Waals surface area contributed by atoms with Crippen LogP contribution in [0.2, 0.25) is 0 Å². The first kappa shape index (κ1) is 19.6. The maximum absolute atomic E-state index is 13.9. The fourth-order valence-corrected chi connectivity index (χ4v) is 4.00. The number of nitrogens with one attached hydrogen (secondary N) is 1. The van der Waals surface area contributed by atoms with E-state index in [0.717, 1.165) is 12.0 Å². The van der Waals surface area contributed by atoms with Gasteiger partial charge in [0.15, 0.2) is 0 Å². The lowest BCUT2D eigenvalue weighted by molar-refractivity contribution is -0.134. The molecule has 1 saturated heterocycles. The molecule has 0 aromatic heterocycles. The average molecular weight is 395 g/mol. The minimum atomic E-state index is -0.223. The number of carbonyl (C=O) groups is 2. The molecule has 2 fully saturated rings. The maximum Gasteiger partial charge on any atom is 0.234 e. The summed E-state index contributed by atoms with van der Waals surface area (Å²) in [5.74, 6) is -0.209. The Kier molecular flexibility index (Phi) is 5.90. The third kappa shape index (κ3) is 4.82. The highest BCUT2D eigenvalue weighted by Gasteiger charge is 2.47. The molecular weight excluding hydrogens is 369 g/mol. The average Bonchev–Trinajstić information content (AvgIpc) is 3.54. The summed E-state index contributed by atoms with van der Waals surface area (Å²) < 4.78 is 13.9. The van der Waals surface area contributed by atoms with Gasteiger partial charge in [0.05, 0.1) is 6.54 Å². The molecular formula is C23H26FN3O2. The zero-order valence-electron chi connectivity index (χ0n) is 16.4. The summed E-state index contributed by atoms with van der Waals surface area (Å²) in [6, 6.07) is 16.5. The van der Waals surface area contributed by atoms with Gasteiger partial charge in [-0.15, -0.1) is 0 Å². The van der Waals surface area contributed by atoms with Gasteiger partial charge in [0.2, 0.25) is 11.8 Å². The van der Waals surface area contributed by atoms with Crippen molar-refractivity contribution in [2.24, 2.45) is 5.92 Å². The first-order chi connectivity index (χ1) is 14.1. The van der Waals surface area contributed by atoms with Gasteiger partial charge in [0.25, 0.3) is 0 Å². The van der Waals surface area contributed by atoms with Gasteiger partial charge in [-0.1, -0.05) is 48.5 Å². The van der Waals surface area contributed by atoms with E-state index in [1.165, 1.54) is 6.07 Å². The fraction of sp³-hybridized carbons (Fsp3) is 0.391. The van der Waals surface area contributed by atoms with Crippen molar-refractivity contribution in [2.75, 3.05) is 32.7 Å². The monoisotopic (exact) mass is 395 g/mol. The Labute approximate surface area is 170 Å². The number of halogens is 1. The zero-order chi connectivity index (χ0) is 20.2. The topological polar surface area (TPSA) is 52.7 Å². The highest BCUT2D eigenvalue weighted by Crippen LogP contribution is 2.49. The Balaban J connectivity index is 1.20. The highest BCUT2D eigenvalue weighted by molar-refractivity contribution is 5.83. The Hall–Kier alpha value is -2.73. The fourth-order valence-electron chi connectivity index (χ4n) is 4.00. The molecule has 4 rings (SSSR count). The minimum absolute atomic E-state index is 0.00422. The molecule has 0 bridgehead atoms. The number of rotatable bonds is 6. The normalized spacial score (nSPS) is 21.6. The second-order valence-electron chi connectivity index (χ2n) is 7.83. The van der Waals surface area contributed by atoms with E-state index < -0.39 is 0 Å². The van der Waals surface area contributed by atoms with Crippen LogP contribution in [-0.2, 0) is 16.1 Å². The molecule has 2 aliphatic rings. The van der Waals surface area contributed by atoms with Gasteiger partial charge >= 0.3 is 0 Å². The summed E-state index contributed by atoms with van der Waals surface area (Å²) in [7, 11) is 0. The van der Waals surface area contributed by atoms with Crippen molar-refractivity contribution >= 4 is 11.8 Å². The maximum atomic E-state index is 13.9. The molecule has 6 heteroatoms. The molecule has 5 nitrogen and oxygen atoms in total. The lowest BCUT2D eigenvalue weighted by Gasteiger charge is -2.34. The first-order valence-corrected chi connectivity index (χ1v) is 10.2. The predicted octanol–water partition coefficient (Wildman–Crippen LogP) is 2.39. The van der Waals surface area contributed by atoms with Gasteiger partial charge in [0.1, 0.15) is 5.82 Å². The first-order valence-electron chi connectivity index (χ1n) is 10.2. The van der Waals surface area contributed by atoms with Crippen molar-refractivity contribution in [1.82, 2.24) is 15.1 Å². The van der Waals surface area contributed by atoms with Gasteiger partial charge in [0, 0.05) is 38.6 Å². The van der Waals surface area contributed by atoms with E-state index in [1.807, 2.05) is 41.3 Å². The van der Waals surface area contributed by atoms with Crippen LogP contribution in [0.25, 0.3) is 0 Å². The molecule has 29 heavy (non-hydrogen) atoms. The van der Waals surface area contributed by atoms with Crippen LogP contribution in [0.5, 0.6) is 0 Å². The van der Waals surface area contributed by atoms with Crippen LogP contribution in [0.4, 0.5) is 4.39 Å². The van der Waals surface area contributed by atoms with Crippen LogP contribution >= 0.6 is 0 Å². The molecule has 2 aromatic rings. The van der Waals surface area contributed by atoms with Gasteiger partial charge < -0.3 is 10.2 Å². The quantitative estimate of drug-likeness (QED) is 0.817. The molecule has 2 atom stereocenters. The summed E-state index contributed by atoms with van der Waals surface area (Å²) >= 11 is 0. The van der Waals surface area contributed by atoms with Crippen LogP contribution < -0.4 is 5.32 Å². The third-order valence-corrected chi connectivity index (χ3v) is 5.80. The predicted molar refractivity (Wildman–Crippen MR) is 109 cm³/mol. The SMILES string of the molecule is O=C(CN1CCN(C(=O)C2CC2c2ccccc2F)CC1)NCc1ccccc1. The van der Waals surface area contributed by atoms with E-state index in [0.29, 0.717) is 44.8 Å². The van der Waals surface area contributed by atoms with Crippen LogP contribution in [0.1, 0.15) is 23.5 Å². The van der Waals surface area contributed by atoms with E-state index in [2.05, 4.69) is 10.2 Å². The molecule has 1 aliphatic carbocycles. The van der Waals surface area contributed by atoms with Crippen LogP contribution in [0.15, 0.2) is 54.6 Å². The lowest BCUT2D eigenvalue weighted by Crippen LogP contribution is -2.51. The number of benzene rings is 2. The molecule has 152 valence electrons. The highest BCUT2D eigenvalue weighted by atomic mass is 19.1. The van der Waals surface area contributed by atoms with Crippen molar-refractivity contribution in [2.45, 2.75) is 18.9 Å². The minimum Gasteiger partial charge on any atom is -0.351 e. The van der Waals surface area contributed by atoms with E-state index in [4.69, 9.17) is 0 Å². The van der Waals surface area contributed by atoms with Crippen molar-refractivity contribution in [3.63, 3.8) is 0 Å². The van der Waals surface area contributed by atoms with Gasteiger partial charge in [-0.2, -0.15) is 0 Å². The van der Waals surface area contributed by atoms with Gasteiger partial charge in [-0.25, -0.2) is 4.39 Å². The Morgan fingerprint density at radius 1 is 0.966 bits per heavy atom. The lowest BCUT2D eigenvalue weighted by atomic mass is 10.1. The molecule has 0 radical (unpaired) electrons. The molecule has 2 amide bonds. The number of hydrogen-bond acceptors (Lipinski definition) is 3. The van der Waals surface area contributed by atoms with E-state index in [1.54, 1.807) is 12.1 Å². The second kappa shape index (κ2) is 8.74. The van der Waals surface area contributed by atoms with Gasteiger partial charge in [-0.3, -0.25) is 14.5 Å². The molecule has 1 N–H and O–H groups in total. The second-order valence-corrected chi connectivity index (χ2v) is 7.83. The number of carbonyl (C=O) groups excluding carboxylic acids is 2. The van der Waals surface area contributed by atoms with Crippen molar-refractivity contribution in [1.29, 1.82) is 0 Å². The van der Waals surface area contributed by atoms with Crippen LogP contribution in [0.3, 0.4) is 0 Å². The molecule has 0 spiro atoms. The molecule has 1 aliphatic heterocycles. The van der Waals surface area contributed by atoms with E-state index in [9.17, 15) is 14.0 Å². The van der Waals surface area contributed by atoms with Crippen molar-refractivity contribution in [3.05, 3.63) is 71.5 Å². The van der Waals surface area contributed by atoms with E-state index in [-0.39, 0.29) is 29.5 Å². The summed E-state index contributed by atoms with van der Waals surface area (Å²) in [5, 5.41) is 2.94.